The van der Waals surface area contributed by atoms with Crippen LogP contribution < -0.4 is 5.11 Å². The molecule has 1 aliphatic heterocycles. The highest BCUT2D eigenvalue weighted by Crippen LogP contribution is 2.48. The SMILES string of the molecule is O=C([O-])C1C2C=CC(C2)C1C(=O)OCCN1C(=O)C=CC1=O. The number of aliphatic carboxylic acids is 1. The smallest absolute Gasteiger partial charge is 0.310 e. The molecular formula is C15H14NO6-. The van der Waals surface area contributed by atoms with Crippen molar-refractivity contribution in [2.24, 2.45) is 23.7 Å². The zero-order chi connectivity index (χ0) is 15.9. The van der Waals surface area contributed by atoms with Crippen molar-refractivity contribution in [2.45, 2.75) is 6.42 Å². The molecule has 0 aromatic heterocycles. The topological polar surface area (TPSA) is 104 Å². The highest BCUT2D eigenvalue weighted by Gasteiger charge is 2.49. The van der Waals surface area contributed by atoms with Crippen LogP contribution in [0, 0.1) is 23.7 Å². The molecule has 7 nitrogen and oxygen atoms in total. The van der Waals surface area contributed by atoms with Gasteiger partial charge in [0, 0.05) is 24.0 Å². The van der Waals surface area contributed by atoms with Crippen LogP contribution in [0.25, 0.3) is 0 Å². The van der Waals surface area contributed by atoms with Crippen molar-refractivity contribution in [1.82, 2.24) is 4.90 Å². The zero-order valence-corrected chi connectivity index (χ0v) is 11.6. The maximum Gasteiger partial charge on any atom is 0.310 e. The maximum absolute atomic E-state index is 12.1. The Morgan fingerprint density at radius 2 is 1.73 bits per heavy atom. The summed E-state index contributed by atoms with van der Waals surface area (Å²) in [6.07, 6.45) is 6.56. The summed E-state index contributed by atoms with van der Waals surface area (Å²) >= 11 is 0. The van der Waals surface area contributed by atoms with E-state index in [9.17, 15) is 24.3 Å². The first-order chi connectivity index (χ1) is 10.5. The van der Waals surface area contributed by atoms with Crippen LogP contribution in [0.1, 0.15) is 6.42 Å². The van der Waals surface area contributed by atoms with Gasteiger partial charge in [-0.05, 0) is 18.3 Å². The van der Waals surface area contributed by atoms with E-state index < -0.39 is 35.6 Å². The summed E-state index contributed by atoms with van der Waals surface area (Å²) in [5.74, 6) is -4.68. The molecule has 0 saturated heterocycles. The summed E-state index contributed by atoms with van der Waals surface area (Å²) in [6.45, 7) is -0.182. The molecule has 4 atom stereocenters. The number of imide groups is 1. The quantitative estimate of drug-likeness (QED) is 0.353. The molecule has 2 aliphatic carbocycles. The Labute approximate surface area is 126 Å². The number of carbonyl (C=O) groups excluding carboxylic acids is 4. The Morgan fingerprint density at radius 1 is 1.14 bits per heavy atom. The lowest BCUT2D eigenvalue weighted by Gasteiger charge is -2.27. The first kappa shape index (κ1) is 14.5. The molecule has 4 unspecified atom stereocenters. The van der Waals surface area contributed by atoms with Crippen LogP contribution in [0.3, 0.4) is 0 Å². The highest BCUT2D eigenvalue weighted by molar-refractivity contribution is 6.12. The van der Waals surface area contributed by atoms with Crippen LogP contribution in [0.2, 0.25) is 0 Å². The lowest BCUT2D eigenvalue weighted by Crippen LogP contribution is -2.42. The lowest BCUT2D eigenvalue weighted by molar-refractivity contribution is -0.314. The first-order valence-electron chi connectivity index (χ1n) is 7.08. The third kappa shape index (κ3) is 2.32. The fraction of sp³-hybridized carbons (Fsp3) is 0.467. The number of rotatable bonds is 5. The molecule has 0 spiro atoms. The minimum atomic E-state index is -1.24. The van der Waals surface area contributed by atoms with Gasteiger partial charge in [-0.25, -0.2) is 0 Å². The largest absolute Gasteiger partial charge is 0.550 e. The monoisotopic (exact) mass is 304 g/mol. The van der Waals surface area contributed by atoms with Crippen LogP contribution in [0.15, 0.2) is 24.3 Å². The van der Waals surface area contributed by atoms with Crippen LogP contribution in [-0.2, 0) is 23.9 Å². The molecule has 22 heavy (non-hydrogen) atoms. The van der Waals surface area contributed by atoms with E-state index >= 15 is 0 Å². The van der Waals surface area contributed by atoms with E-state index in [-0.39, 0.29) is 25.0 Å². The molecule has 0 N–H and O–H groups in total. The molecule has 3 aliphatic rings. The Kier molecular flexibility index (Phi) is 3.56. The van der Waals surface area contributed by atoms with Gasteiger partial charge in [0.15, 0.2) is 0 Å². The number of esters is 1. The standard InChI is InChI=1S/C15H15NO6/c17-10-3-4-11(18)16(10)5-6-22-15(21)13-9-2-1-8(7-9)12(13)14(19)20/h1-4,8-9,12-13H,5-7H2,(H,19,20)/p-1. The summed E-state index contributed by atoms with van der Waals surface area (Å²) in [5, 5.41) is 11.2. The Morgan fingerprint density at radius 3 is 2.32 bits per heavy atom. The molecule has 2 amide bonds. The third-order valence-electron chi connectivity index (χ3n) is 4.46. The van der Waals surface area contributed by atoms with Crippen LogP contribution in [-0.4, -0.2) is 41.8 Å². The predicted octanol–water partition coefficient (Wildman–Crippen LogP) is -1.36. The summed E-state index contributed by atoms with van der Waals surface area (Å²) < 4.78 is 5.08. The third-order valence-corrected chi connectivity index (χ3v) is 4.46. The van der Waals surface area contributed by atoms with Crippen molar-refractivity contribution in [3.05, 3.63) is 24.3 Å². The molecule has 2 bridgehead atoms. The number of nitrogens with zero attached hydrogens (tertiary/aromatic N) is 1. The molecule has 0 aromatic carbocycles. The molecule has 1 saturated carbocycles. The number of carboxylic acid groups (broad SMARTS) is 1. The van der Waals surface area contributed by atoms with Crippen molar-refractivity contribution in [3.63, 3.8) is 0 Å². The predicted molar refractivity (Wildman–Crippen MR) is 69.5 cm³/mol. The van der Waals surface area contributed by atoms with Gasteiger partial charge in [0.05, 0.1) is 12.5 Å². The average molecular weight is 304 g/mol. The average Bonchev–Trinajstić information content (AvgIpc) is 3.16. The van der Waals surface area contributed by atoms with Gasteiger partial charge in [0.1, 0.15) is 6.61 Å². The number of fused-ring (bicyclic) bond motifs is 2. The molecule has 0 aromatic rings. The highest BCUT2D eigenvalue weighted by atomic mass is 16.5. The number of hydrogen-bond acceptors (Lipinski definition) is 6. The van der Waals surface area contributed by atoms with Gasteiger partial charge in [-0.15, -0.1) is 0 Å². The van der Waals surface area contributed by atoms with Crippen molar-refractivity contribution >= 4 is 23.8 Å². The number of amides is 2. The Bertz CT molecular complexity index is 589. The van der Waals surface area contributed by atoms with Crippen LogP contribution >= 0.6 is 0 Å². The van der Waals surface area contributed by atoms with Gasteiger partial charge in [-0.1, -0.05) is 12.2 Å². The van der Waals surface area contributed by atoms with E-state index in [2.05, 4.69) is 0 Å². The molecule has 3 rings (SSSR count). The normalized spacial score (nSPS) is 32.1. The van der Waals surface area contributed by atoms with Crippen LogP contribution in [0.4, 0.5) is 0 Å². The van der Waals surface area contributed by atoms with Crippen molar-refractivity contribution in [1.29, 1.82) is 0 Å². The van der Waals surface area contributed by atoms with Crippen molar-refractivity contribution in [2.75, 3.05) is 13.2 Å². The van der Waals surface area contributed by atoms with E-state index in [4.69, 9.17) is 4.74 Å². The van der Waals surface area contributed by atoms with Gasteiger partial charge in [-0.3, -0.25) is 19.3 Å². The Hall–Kier alpha value is -2.44. The van der Waals surface area contributed by atoms with E-state index in [0.717, 1.165) is 17.1 Å². The van der Waals surface area contributed by atoms with E-state index in [1.165, 1.54) is 0 Å². The first-order valence-corrected chi connectivity index (χ1v) is 7.08. The number of allylic oxidation sites excluding steroid dienone is 2. The summed E-state index contributed by atoms with van der Waals surface area (Å²) in [7, 11) is 0. The summed E-state index contributed by atoms with van der Waals surface area (Å²) in [4.78, 5) is 47.0. The number of carbonyl (C=O) groups is 4. The molecule has 1 fully saturated rings. The number of carboxylic acids is 1. The van der Waals surface area contributed by atoms with Gasteiger partial charge in [0.25, 0.3) is 11.8 Å². The Balaban J connectivity index is 1.56. The minimum Gasteiger partial charge on any atom is -0.550 e. The van der Waals surface area contributed by atoms with Gasteiger partial charge in [-0.2, -0.15) is 0 Å². The maximum atomic E-state index is 12.1. The van der Waals surface area contributed by atoms with Gasteiger partial charge < -0.3 is 14.6 Å². The summed E-state index contributed by atoms with van der Waals surface area (Å²) in [5.41, 5.74) is 0. The molecule has 116 valence electrons. The molecule has 0 radical (unpaired) electrons. The fourth-order valence-corrected chi connectivity index (χ4v) is 3.45. The summed E-state index contributed by atoms with van der Waals surface area (Å²) in [6, 6.07) is 0. The van der Waals surface area contributed by atoms with E-state index in [1.807, 2.05) is 12.2 Å². The second kappa shape index (κ2) is 5.40. The zero-order valence-electron chi connectivity index (χ0n) is 11.6. The fourth-order valence-electron chi connectivity index (χ4n) is 3.45. The number of ether oxygens (including phenoxy) is 1. The van der Waals surface area contributed by atoms with Crippen molar-refractivity contribution in [3.8, 4) is 0 Å². The molecular weight excluding hydrogens is 290 g/mol. The van der Waals surface area contributed by atoms with Crippen LogP contribution in [0.5, 0.6) is 0 Å². The van der Waals surface area contributed by atoms with Crippen molar-refractivity contribution < 1.29 is 29.0 Å². The minimum absolute atomic E-state index is 0.0386. The lowest BCUT2D eigenvalue weighted by atomic mass is 9.83. The van der Waals surface area contributed by atoms with E-state index in [1.54, 1.807) is 0 Å². The van der Waals surface area contributed by atoms with Gasteiger partial charge >= 0.3 is 5.97 Å². The second-order valence-electron chi connectivity index (χ2n) is 5.65. The molecule has 7 heteroatoms. The van der Waals surface area contributed by atoms with E-state index in [0.29, 0.717) is 6.42 Å². The second-order valence-corrected chi connectivity index (χ2v) is 5.65. The number of hydrogen-bond donors (Lipinski definition) is 0. The molecule has 1 heterocycles. The van der Waals surface area contributed by atoms with Gasteiger partial charge in [0.2, 0.25) is 0 Å².